The summed E-state index contributed by atoms with van der Waals surface area (Å²) in [6.07, 6.45) is 4.30. The number of hydrogen-bond acceptors (Lipinski definition) is 1. The van der Waals surface area contributed by atoms with Crippen LogP contribution >= 0.6 is 0 Å². The van der Waals surface area contributed by atoms with Crippen LogP contribution < -0.4 is 0 Å². The molecule has 2 nitrogen and oxygen atoms in total. The highest BCUT2D eigenvalue weighted by Gasteiger charge is 2.36. The number of carbonyl (C=O) groups is 1. The summed E-state index contributed by atoms with van der Waals surface area (Å²) in [6.45, 7) is 9.70. The Morgan fingerprint density at radius 3 is 2.57 bits per heavy atom. The molecule has 1 atom stereocenters. The number of rotatable bonds is 4. The maximum Gasteiger partial charge on any atom is 0.223 e. The molecule has 0 aliphatic carbocycles. The van der Waals surface area contributed by atoms with Crippen molar-refractivity contribution in [2.75, 3.05) is 6.54 Å². The predicted molar refractivity (Wildman–Crippen MR) is 59.1 cm³/mol. The second kappa shape index (κ2) is 4.33. The molecular formula is C12H23NO. The molecule has 1 fully saturated rings. The molecule has 1 aliphatic heterocycles. The molecule has 0 aromatic rings. The number of unbranched alkanes of at least 4 members (excludes halogenated alkanes) is 1. The zero-order valence-electron chi connectivity index (χ0n) is 9.97. The number of nitrogens with zero attached hydrogens (tertiary/aromatic N) is 1. The zero-order valence-corrected chi connectivity index (χ0v) is 9.97. The van der Waals surface area contributed by atoms with Crippen molar-refractivity contribution in [1.82, 2.24) is 4.90 Å². The first-order valence-corrected chi connectivity index (χ1v) is 5.78. The van der Waals surface area contributed by atoms with Crippen molar-refractivity contribution < 1.29 is 4.79 Å². The standard InChI is InChI=1S/C12H23NO/c1-5-6-7-12(3,4)13-9-10(2)8-11(13)14/h10H,5-9H2,1-4H3. The summed E-state index contributed by atoms with van der Waals surface area (Å²) >= 11 is 0. The first kappa shape index (κ1) is 11.5. The monoisotopic (exact) mass is 197 g/mol. The van der Waals surface area contributed by atoms with Crippen LogP contribution in [0.15, 0.2) is 0 Å². The molecule has 1 unspecified atom stereocenters. The molecule has 14 heavy (non-hydrogen) atoms. The van der Waals surface area contributed by atoms with Gasteiger partial charge in [-0.2, -0.15) is 0 Å². The Morgan fingerprint density at radius 1 is 1.50 bits per heavy atom. The Labute approximate surface area is 87.7 Å². The van der Waals surface area contributed by atoms with Gasteiger partial charge in [0.15, 0.2) is 0 Å². The third kappa shape index (κ3) is 2.49. The summed E-state index contributed by atoms with van der Waals surface area (Å²) in [5.74, 6) is 0.891. The maximum absolute atomic E-state index is 11.7. The lowest BCUT2D eigenvalue weighted by Crippen LogP contribution is -2.44. The van der Waals surface area contributed by atoms with Crippen molar-refractivity contribution in [3.63, 3.8) is 0 Å². The topological polar surface area (TPSA) is 20.3 Å². The van der Waals surface area contributed by atoms with Gasteiger partial charge < -0.3 is 4.90 Å². The Bertz CT molecular complexity index is 210. The van der Waals surface area contributed by atoms with Crippen molar-refractivity contribution in [3.8, 4) is 0 Å². The summed E-state index contributed by atoms with van der Waals surface area (Å²) in [7, 11) is 0. The average molecular weight is 197 g/mol. The van der Waals surface area contributed by atoms with Gasteiger partial charge in [0, 0.05) is 18.5 Å². The van der Waals surface area contributed by atoms with Crippen LogP contribution in [0, 0.1) is 5.92 Å². The van der Waals surface area contributed by atoms with E-state index in [-0.39, 0.29) is 5.54 Å². The van der Waals surface area contributed by atoms with Crippen molar-refractivity contribution in [2.24, 2.45) is 5.92 Å². The highest BCUT2D eigenvalue weighted by molar-refractivity contribution is 5.79. The fraction of sp³-hybridized carbons (Fsp3) is 0.917. The molecule has 0 saturated carbocycles. The number of carbonyl (C=O) groups excluding carboxylic acids is 1. The molecule has 0 spiro atoms. The van der Waals surface area contributed by atoms with E-state index in [1.54, 1.807) is 0 Å². The fourth-order valence-corrected chi connectivity index (χ4v) is 2.22. The quantitative estimate of drug-likeness (QED) is 0.678. The van der Waals surface area contributed by atoms with Crippen LogP contribution in [-0.4, -0.2) is 22.9 Å². The van der Waals surface area contributed by atoms with Crippen LogP contribution in [0.25, 0.3) is 0 Å². The lowest BCUT2D eigenvalue weighted by Gasteiger charge is -2.36. The highest BCUT2D eigenvalue weighted by atomic mass is 16.2. The van der Waals surface area contributed by atoms with E-state index in [4.69, 9.17) is 0 Å². The first-order valence-electron chi connectivity index (χ1n) is 5.78. The molecule has 2 heteroatoms. The van der Waals surface area contributed by atoms with Crippen molar-refractivity contribution in [2.45, 2.75) is 58.9 Å². The van der Waals surface area contributed by atoms with Gasteiger partial charge in [-0.15, -0.1) is 0 Å². The van der Waals surface area contributed by atoms with Crippen LogP contribution in [-0.2, 0) is 4.79 Å². The van der Waals surface area contributed by atoms with Gasteiger partial charge in [0.05, 0.1) is 0 Å². The van der Waals surface area contributed by atoms with Gasteiger partial charge in [0.1, 0.15) is 0 Å². The predicted octanol–water partition coefficient (Wildman–Crippen LogP) is 2.82. The molecule has 1 amide bonds. The van der Waals surface area contributed by atoms with Gasteiger partial charge in [0.25, 0.3) is 0 Å². The molecule has 1 rings (SSSR count). The molecule has 1 saturated heterocycles. The largest absolute Gasteiger partial charge is 0.337 e. The van der Waals surface area contributed by atoms with Gasteiger partial charge in [-0.3, -0.25) is 4.79 Å². The minimum absolute atomic E-state index is 0.0673. The van der Waals surface area contributed by atoms with Crippen LogP contribution in [0.4, 0.5) is 0 Å². The minimum Gasteiger partial charge on any atom is -0.337 e. The lowest BCUT2D eigenvalue weighted by molar-refractivity contribution is -0.132. The number of hydrogen-bond donors (Lipinski definition) is 0. The van der Waals surface area contributed by atoms with E-state index >= 15 is 0 Å². The van der Waals surface area contributed by atoms with E-state index < -0.39 is 0 Å². The van der Waals surface area contributed by atoms with E-state index in [1.165, 1.54) is 12.8 Å². The van der Waals surface area contributed by atoms with Crippen molar-refractivity contribution >= 4 is 5.91 Å². The molecule has 0 bridgehead atoms. The van der Waals surface area contributed by atoms with E-state index in [0.717, 1.165) is 19.4 Å². The van der Waals surface area contributed by atoms with Gasteiger partial charge in [-0.25, -0.2) is 0 Å². The second-order valence-corrected chi connectivity index (χ2v) is 5.23. The SMILES string of the molecule is CCCCC(C)(C)N1CC(C)CC1=O. The Kier molecular flexibility index (Phi) is 3.57. The molecule has 0 aromatic heterocycles. The highest BCUT2D eigenvalue weighted by Crippen LogP contribution is 2.29. The summed E-state index contributed by atoms with van der Waals surface area (Å²) in [6, 6.07) is 0. The minimum atomic E-state index is 0.0673. The van der Waals surface area contributed by atoms with Gasteiger partial charge in [0.2, 0.25) is 5.91 Å². The molecule has 1 heterocycles. The molecular weight excluding hydrogens is 174 g/mol. The number of likely N-dealkylation sites (tertiary alicyclic amines) is 1. The van der Waals surface area contributed by atoms with Gasteiger partial charge in [-0.1, -0.05) is 26.7 Å². The normalized spacial score (nSPS) is 23.3. The Morgan fingerprint density at radius 2 is 2.14 bits per heavy atom. The van der Waals surface area contributed by atoms with E-state index in [9.17, 15) is 4.79 Å². The third-order valence-electron chi connectivity index (χ3n) is 3.19. The van der Waals surface area contributed by atoms with Crippen molar-refractivity contribution in [1.29, 1.82) is 0 Å². The van der Waals surface area contributed by atoms with Gasteiger partial charge >= 0.3 is 0 Å². The molecule has 0 aromatic carbocycles. The van der Waals surface area contributed by atoms with Crippen LogP contribution in [0.2, 0.25) is 0 Å². The van der Waals surface area contributed by atoms with Crippen LogP contribution in [0.3, 0.4) is 0 Å². The smallest absolute Gasteiger partial charge is 0.223 e. The van der Waals surface area contributed by atoms with Gasteiger partial charge in [-0.05, 0) is 26.2 Å². The van der Waals surface area contributed by atoms with E-state index in [2.05, 4.69) is 32.6 Å². The Hall–Kier alpha value is -0.530. The molecule has 0 N–H and O–H groups in total. The summed E-state index contributed by atoms with van der Waals surface area (Å²) in [5.41, 5.74) is 0.0673. The summed E-state index contributed by atoms with van der Waals surface area (Å²) in [4.78, 5) is 13.8. The molecule has 82 valence electrons. The second-order valence-electron chi connectivity index (χ2n) is 5.23. The maximum atomic E-state index is 11.7. The Balaban J connectivity index is 2.58. The van der Waals surface area contributed by atoms with E-state index in [1.807, 2.05) is 0 Å². The van der Waals surface area contributed by atoms with E-state index in [0.29, 0.717) is 11.8 Å². The summed E-state index contributed by atoms with van der Waals surface area (Å²) < 4.78 is 0. The average Bonchev–Trinajstić information content (AvgIpc) is 2.42. The molecule has 1 aliphatic rings. The third-order valence-corrected chi connectivity index (χ3v) is 3.19. The number of amides is 1. The van der Waals surface area contributed by atoms with Crippen LogP contribution in [0.5, 0.6) is 0 Å². The lowest BCUT2D eigenvalue weighted by atomic mass is 9.95. The summed E-state index contributed by atoms with van der Waals surface area (Å²) in [5, 5.41) is 0. The van der Waals surface area contributed by atoms with Crippen molar-refractivity contribution in [3.05, 3.63) is 0 Å². The first-order chi connectivity index (χ1) is 6.47. The zero-order chi connectivity index (χ0) is 10.8. The van der Waals surface area contributed by atoms with Crippen LogP contribution in [0.1, 0.15) is 53.4 Å². The molecule has 0 radical (unpaired) electrons. The fourth-order valence-electron chi connectivity index (χ4n) is 2.22.